The van der Waals surface area contributed by atoms with Gasteiger partial charge in [-0.15, -0.1) is 0 Å². The van der Waals surface area contributed by atoms with Crippen molar-refractivity contribution in [3.05, 3.63) is 28.8 Å². The Morgan fingerprint density at radius 1 is 1.62 bits per heavy atom. The van der Waals surface area contributed by atoms with Crippen LogP contribution in [0, 0.1) is 0 Å². The third-order valence-electron chi connectivity index (χ3n) is 2.14. The standard InChI is InChI=1S/C11H14ClNO3/c1-2-9(11(13)15)16-10-4-3-7(6-14)5-8(10)12/h3-5,9,14H,2,6H2,1H3,(H2,13,15). The lowest BCUT2D eigenvalue weighted by atomic mass is 10.2. The lowest BCUT2D eigenvalue weighted by molar-refractivity contribution is -0.124. The highest BCUT2D eigenvalue weighted by Crippen LogP contribution is 2.26. The molecule has 0 bridgehead atoms. The molecule has 0 spiro atoms. The summed E-state index contributed by atoms with van der Waals surface area (Å²) in [5.41, 5.74) is 5.84. The zero-order valence-electron chi connectivity index (χ0n) is 8.94. The highest BCUT2D eigenvalue weighted by Gasteiger charge is 2.16. The second kappa shape index (κ2) is 5.72. The van der Waals surface area contributed by atoms with E-state index < -0.39 is 12.0 Å². The Morgan fingerprint density at radius 3 is 2.75 bits per heavy atom. The zero-order valence-corrected chi connectivity index (χ0v) is 9.70. The van der Waals surface area contributed by atoms with Gasteiger partial charge < -0.3 is 15.6 Å². The van der Waals surface area contributed by atoms with Crippen molar-refractivity contribution in [2.45, 2.75) is 26.1 Å². The topological polar surface area (TPSA) is 72.6 Å². The number of rotatable bonds is 5. The van der Waals surface area contributed by atoms with Gasteiger partial charge in [-0.1, -0.05) is 24.6 Å². The number of amides is 1. The molecule has 1 aromatic rings. The first-order valence-corrected chi connectivity index (χ1v) is 5.31. The van der Waals surface area contributed by atoms with Crippen molar-refractivity contribution in [1.29, 1.82) is 0 Å². The fourth-order valence-corrected chi connectivity index (χ4v) is 1.48. The average molecular weight is 244 g/mol. The van der Waals surface area contributed by atoms with E-state index in [1.54, 1.807) is 25.1 Å². The molecule has 16 heavy (non-hydrogen) atoms. The monoisotopic (exact) mass is 243 g/mol. The van der Waals surface area contributed by atoms with E-state index in [-0.39, 0.29) is 6.61 Å². The maximum atomic E-state index is 11.0. The van der Waals surface area contributed by atoms with Gasteiger partial charge in [-0.05, 0) is 24.1 Å². The van der Waals surface area contributed by atoms with Gasteiger partial charge in [-0.2, -0.15) is 0 Å². The Kier molecular flexibility index (Phi) is 4.58. The summed E-state index contributed by atoms with van der Waals surface area (Å²) in [5, 5.41) is 9.25. The first kappa shape index (κ1) is 12.8. The van der Waals surface area contributed by atoms with Crippen LogP contribution in [0.1, 0.15) is 18.9 Å². The number of halogens is 1. The molecule has 0 heterocycles. The first-order valence-electron chi connectivity index (χ1n) is 4.93. The van der Waals surface area contributed by atoms with Crippen molar-refractivity contribution in [3.8, 4) is 5.75 Å². The highest BCUT2D eigenvalue weighted by molar-refractivity contribution is 6.32. The number of carbonyl (C=O) groups is 1. The Balaban J connectivity index is 2.84. The summed E-state index contributed by atoms with van der Waals surface area (Å²) in [6.07, 6.45) is -0.203. The third-order valence-corrected chi connectivity index (χ3v) is 2.43. The number of benzene rings is 1. The number of nitrogens with two attached hydrogens (primary N) is 1. The van der Waals surface area contributed by atoms with Crippen LogP contribution in [0.25, 0.3) is 0 Å². The van der Waals surface area contributed by atoms with Gasteiger partial charge in [-0.3, -0.25) is 4.79 Å². The van der Waals surface area contributed by atoms with Crippen LogP contribution in [0.15, 0.2) is 18.2 Å². The van der Waals surface area contributed by atoms with Gasteiger partial charge in [0.1, 0.15) is 5.75 Å². The molecular formula is C11H14ClNO3. The number of aliphatic hydroxyl groups is 1. The maximum absolute atomic E-state index is 11.0. The molecule has 0 aliphatic heterocycles. The minimum absolute atomic E-state index is 0.0903. The Hall–Kier alpha value is -1.26. The minimum Gasteiger partial charge on any atom is -0.479 e. The van der Waals surface area contributed by atoms with Gasteiger partial charge in [0.05, 0.1) is 11.6 Å². The van der Waals surface area contributed by atoms with Crippen molar-refractivity contribution in [2.24, 2.45) is 5.73 Å². The van der Waals surface area contributed by atoms with Crippen molar-refractivity contribution in [1.82, 2.24) is 0 Å². The van der Waals surface area contributed by atoms with Gasteiger partial charge in [0.25, 0.3) is 5.91 Å². The largest absolute Gasteiger partial charge is 0.479 e. The number of primary amides is 1. The molecule has 88 valence electrons. The summed E-state index contributed by atoms with van der Waals surface area (Å²) in [5.74, 6) is -0.130. The molecule has 0 aliphatic carbocycles. The fraction of sp³-hybridized carbons (Fsp3) is 0.364. The fourth-order valence-electron chi connectivity index (χ4n) is 1.23. The summed E-state index contributed by atoms with van der Waals surface area (Å²) in [6.45, 7) is 1.71. The van der Waals surface area contributed by atoms with E-state index in [1.165, 1.54) is 0 Å². The summed E-state index contributed by atoms with van der Waals surface area (Å²) in [7, 11) is 0. The van der Waals surface area contributed by atoms with Crippen molar-refractivity contribution >= 4 is 17.5 Å². The molecule has 0 saturated heterocycles. The normalized spacial score (nSPS) is 12.2. The van der Waals surface area contributed by atoms with Gasteiger partial charge in [-0.25, -0.2) is 0 Å². The second-order valence-electron chi connectivity index (χ2n) is 3.34. The first-order chi connectivity index (χ1) is 7.58. The van der Waals surface area contributed by atoms with Crippen LogP contribution < -0.4 is 10.5 Å². The maximum Gasteiger partial charge on any atom is 0.258 e. The lowest BCUT2D eigenvalue weighted by Gasteiger charge is -2.15. The molecule has 1 rings (SSSR count). The van der Waals surface area contributed by atoms with E-state index in [4.69, 9.17) is 27.2 Å². The van der Waals surface area contributed by atoms with Crippen LogP contribution in [0.5, 0.6) is 5.75 Å². The van der Waals surface area contributed by atoms with Crippen molar-refractivity contribution in [2.75, 3.05) is 0 Å². The van der Waals surface area contributed by atoms with Crippen LogP contribution in [-0.2, 0) is 11.4 Å². The molecule has 0 radical (unpaired) electrons. The average Bonchev–Trinajstić information content (AvgIpc) is 2.26. The molecule has 1 atom stereocenters. The second-order valence-corrected chi connectivity index (χ2v) is 3.75. The molecule has 0 fully saturated rings. The smallest absolute Gasteiger partial charge is 0.258 e. The number of hydrogen-bond acceptors (Lipinski definition) is 3. The van der Waals surface area contributed by atoms with E-state index in [0.717, 1.165) is 0 Å². The van der Waals surface area contributed by atoms with Gasteiger partial charge in [0.15, 0.2) is 6.10 Å². The van der Waals surface area contributed by atoms with Crippen LogP contribution in [-0.4, -0.2) is 17.1 Å². The van der Waals surface area contributed by atoms with E-state index in [2.05, 4.69) is 0 Å². The number of hydrogen-bond donors (Lipinski definition) is 2. The predicted octanol–water partition coefficient (Wildman–Crippen LogP) is 1.47. The van der Waals surface area contributed by atoms with E-state index >= 15 is 0 Å². The van der Waals surface area contributed by atoms with Crippen LogP contribution in [0.2, 0.25) is 5.02 Å². The van der Waals surface area contributed by atoms with Crippen LogP contribution in [0.4, 0.5) is 0 Å². The molecule has 0 aromatic heterocycles. The molecule has 1 unspecified atom stereocenters. The molecule has 5 heteroatoms. The van der Waals surface area contributed by atoms with E-state index in [9.17, 15) is 4.79 Å². The lowest BCUT2D eigenvalue weighted by Crippen LogP contribution is -2.33. The highest BCUT2D eigenvalue weighted by atomic mass is 35.5. The molecule has 0 aliphatic rings. The van der Waals surface area contributed by atoms with Crippen molar-refractivity contribution < 1.29 is 14.6 Å². The Morgan fingerprint density at radius 2 is 2.31 bits per heavy atom. The third kappa shape index (κ3) is 3.12. The predicted molar refractivity (Wildman–Crippen MR) is 61.3 cm³/mol. The zero-order chi connectivity index (χ0) is 12.1. The van der Waals surface area contributed by atoms with Crippen LogP contribution in [0.3, 0.4) is 0 Å². The quantitative estimate of drug-likeness (QED) is 0.823. The number of aliphatic hydroxyl groups excluding tert-OH is 1. The van der Waals surface area contributed by atoms with Crippen molar-refractivity contribution in [3.63, 3.8) is 0 Å². The van der Waals surface area contributed by atoms with Crippen LogP contribution >= 0.6 is 11.6 Å². The summed E-state index contributed by atoms with van der Waals surface area (Å²) in [4.78, 5) is 11.0. The molecule has 1 aromatic carbocycles. The van der Waals surface area contributed by atoms with Gasteiger partial charge in [0, 0.05) is 0 Å². The summed E-state index contributed by atoms with van der Waals surface area (Å²) in [6, 6.07) is 4.87. The summed E-state index contributed by atoms with van der Waals surface area (Å²) >= 11 is 5.93. The number of carbonyl (C=O) groups excluding carboxylic acids is 1. The van der Waals surface area contributed by atoms with E-state index in [1.807, 2.05) is 0 Å². The van der Waals surface area contributed by atoms with Gasteiger partial charge in [0.2, 0.25) is 0 Å². The molecule has 0 saturated carbocycles. The molecular weight excluding hydrogens is 230 g/mol. The van der Waals surface area contributed by atoms with E-state index in [0.29, 0.717) is 22.8 Å². The molecule has 3 N–H and O–H groups in total. The Bertz CT molecular complexity index is 381. The SMILES string of the molecule is CCC(Oc1ccc(CO)cc1Cl)C(N)=O. The Labute approximate surface area is 99.0 Å². The van der Waals surface area contributed by atoms with Gasteiger partial charge >= 0.3 is 0 Å². The summed E-state index contributed by atoms with van der Waals surface area (Å²) < 4.78 is 5.37. The molecule has 1 amide bonds. The minimum atomic E-state index is -0.683. The molecule has 4 nitrogen and oxygen atoms in total. The number of ether oxygens (including phenoxy) is 1.